The molecule has 2 fully saturated rings. The minimum Gasteiger partial charge on any atom is -0.381 e. The van der Waals surface area contributed by atoms with Crippen LogP contribution < -0.4 is 5.32 Å². The first kappa shape index (κ1) is 28.6. The molecule has 6 rings (SSSR count). The fraction of sp³-hybridized carbons (Fsp3) is 0.484. The molecule has 11 heteroatoms. The van der Waals surface area contributed by atoms with Crippen molar-refractivity contribution in [3.63, 3.8) is 0 Å². The van der Waals surface area contributed by atoms with Crippen molar-refractivity contribution in [1.82, 2.24) is 34.3 Å². The van der Waals surface area contributed by atoms with E-state index >= 15 is 4.39 Å². The maximum absolute atomic E-state index is 15.1. The highest BCUT2D eigenvalue weighted by molar-refractivity contribution is 5.83. The summed E-state index contributed by atoms with van der Waals surface area (Å²) in [5.41, 5.74) is 2.34. The zero-order valence-electron chi connectivity index (χ0n) is 24.6. The summed E-state index contributed by atoms with van der Waals surface area (Å²) in [5, 5.41) is 3.10. The van der Waals surface area contributed by atoms with Crippen molar-refractivity contribution in [1.29, 1.82) is 0 Å². The molecule has 1 N–H and O–H groups in total. The van der Waals surface area contributed by atoms with Crippen molar-refractivity contribution in [2.45, 2.75) is 46.2 Å². The monoisotopic (exact) mass is 576 g/mol. The van der Waals surface area contributed by atoms with Gasteiger partial charge in [0, 0.05) is 62.5 Å². The van der Waals surface area contributed by atoms with Crippen LogP contribution in [0.3, 0.4) is 0 Å². The number of benzene rings is 1. The van der Waals surface area contributed by atoms with Crippen molar-refractivity contribution in [3.05, 3.63) is 59.7 Å². The Labute approximate surface area is 245 Å². The zero-order chi connectivity index (χ0) is 29.4. The molecule has 5 heterocycles. The van der Waals surface area contributed by atoms with Crippen LogP contribution in [0.15, 0.2) is 36.7 Å². The molecule has 2 aliphatic heterocycles. The number of ether oxygens (including phenoxy) is 1. The van der Waals surface area contributed by atoms with E-state index in [4.69, 9.17) is 4.74 Å². The van der Waals surface area contributed by atoms with Gasteiger partial charge in [-0.3, -0.25) is 4.90 Å². The van der Waals surface area contributed by atoms with Crippen LogP contribution in [0.25, 0.3) is 22.3 Å². The van der Waals surface area contributed by atoms with Crippen molar-refractivity contribution in [2.24, 2.45) is 5.92 Å². The number of hydrogen-bond acceptors (Lipinski definition) is 8. The van der Waals surface area contributed by atoms with Gasteiger partial charge in [0.15, 0.2) is 11.6 Å². The maximum Gasteiger partial charge on any atom is 0.229 e. The number of halogens is 2. The molecule has 1 unspecified atom stereocenters. The van der Waals surface area contributed by atoms with E-state index in [1.54, 1.807) is 6.07 Å². The second-order valence-corrected chi connectivity index (χ2v) is 11.5. The van der Waals surface area contributed by atoms with Gasteiger partial charge in [-0.25, -0.2) is 28.7 Å². The minimum absolute atomic E-state index is 0.00611. The highest BCUT2D eigenvalue weighted by Gasteiger charge is 2.33. The van der Waals surface area contributed by atoms with E-state index in [9.17, 15) is 4.39 Å². The lowest BCUT2D eigenvalue weighted by Crippen LogP contribution is -2.49. The molecule has 3 aromatic heterocycles. The SMILES string of the molecule is CCN1CCN([C@@H](c2ccc(Nc3ncc(F)c(-c4cc(F)c5nc(C)n(C(C)C)c5c4)n3)nc2)C2CCOC2)CC1. The van der Waals surface area contributed by atoms with E-state index in [0.717, 1.165) is 64.1 Å². The van der Waals surface area contributed by atoms with Gasteiger partial charge in [0.1, 0.15) is 22.9 Å². The van der Waals surface area contributed by atoms with Crippen LogP contribution in [0.1, 0.15) is 50.7 Å². The largest absolute Gasteiger partial charge is 0.381 e. The number of imidazole rings is 1. The summed E-state index contributed by atoms with van der Waals surface area (Å²) in [4.78, 5) is 22.6. The third kappa shape index (κ3) is 5.60. The molecule has 0 radical (unpaired) electrons. The van der Waals surface area contributed by atoms with Gasteiger partial charge in [0.2, 0.25) is 5.95 Å². The molecule has 9 nitrogen and oxygen atoms in total. The van der Waals surface area contributed by atoms with Crippen molar-refractivity contribution in [3.8, 4) is 11.3 Å². The third-order valence-corrected chi connectivity index (χ3v) is 8.49. The topological polar surface area (TPSA) is 84.2 Å². The van der Waals surface area contributed by atoms with Gasteiger partial charge < -0.3 is 19.5 Å². The Morgan fingerprint density at radius 3 is 2.50 bits per heavy atom. The average molecular weight is 577 g/mol. The summed E-state index contributed by atoms with van der Waals surface area (Å²) >= 11 is 0. The van der Waals surface area contributed by atoms with Gasteiger partial charge >= 0.3 is 0 Å². The summed E-state index contributed by atoms with van der Waals surface area (Å²) in [5.74, 6) is 0.686. The second-order valence-electron chi connectivity index (χ2n) is 11.5. The van der Waals surface area contributed by atoms with Crippen LogP contribution in [0, 0.1) is 24.5 Å². The van der Waals surface area contributed by atoms with Gasteiger partial charge in [-0.2, -0.15) is 0 Å². The molecular formula is C31H38F2N8O. The van der Waals surface area contributed by atoms with Gasteiger partial charge in [0.25, 0.3) is 0 Å². The Balaban J connectivity index is 1.25. The summed E-state index contributed by atoms with van der Waals surface area (Å²) in [6.45, 7) is 14.8. The number of nitrogens with one attached hydrogen (secondary N) is 1. The number of likely N-dealkylation sites (N-methyl/N-ethyl adjacent to an activating group) is 1. The van der Waals surface area contributed by atoms with Crippen LogP contribution in [-0.2, 0) is 4.74 Å². The molecule has 222 valence electrons. The Morgan fingerprint density at radius 1 is 1.02 bits per heavy atom. The van der Waals surface area contributed by atoms with Crippen molar-refractivity contribution in [2.75, 3.05) is 51.3 Å². The predicted molar refractivity (Wildman–Crippen MR) is 159 cm³/mol. The molecule has 2 atom stereocenters. The quantitative estimate of drug-likeness (QED) is 0.294. The Bertz CT molecular complexity index is 1540. The molecular weight excluding hydrogens is 538 g/mol. The number of aryl methyl sites for hydroxylation is 1. The third-order valence-electron chi connectivity index (χ3n) is 8.49. The first-order chi connectivity index (χ1) is 20.3. The molecule has 0 amide bonds. The van der Waals surface area contributed by atoms with E-state index < -0.39 is 11.6 Å². The predicted octanol–water partition coefficient (Wildman–Crippen LogP) is 5.51. The van der Waals surface area contributed by atoms with Gasteiger partial charge in [-0.1, -0.05) is 13.0 Å². The molecule has 2 aliphatic rings. The number of piperazine rings is 1. The van der Waals surface area contributed by atoms with E-state index in [1.165, 1.54) is 6.07 Å². The van der Waals surface area contributed by atoms with Crippen LogP contribution in [0.2, 0.25) is 0 Å². The lowest BCUT2D eigenvalue weighted by molar-refractivity contribution is 0.0647. The number of pyridine rings is 1. The summed E-state index contributed by atoms with van der Waals surface area (Å²) < 4.78 is 37.7. The van der Waals surface area contributed by atoms with Crippen LogP contribution >= 0.6 is 0 Å². The summed E-state index contributed by atoms with van der Waals surface area (Å²) in [6, 6.07) is 7.31. The van der Waals surface area contributed by atoms with E-state index in [0.29, 0.717) is 28.6 Å². The first-order valence-electron chi connectivity index (χ1n) is 14.8. The van der Waals surface area contributed by atoms with Gasteiger partial charge in [0.05, 0.1) is 18.3 Å². The number of fused-ring (bicyclic) bond motifs is 1. The van der Waals surface area contributed by atoms with Crippen molar-refractivity contribution < 1.29 is 13.5 Å². The standard InChI is InChI=1S/C31H38F2N8O/c1-5-39-9-11-40(12-10-39)30(22-8-13-42-18-22)21-6-7-27(34-16-21)37-31-35-17-25(33)28(38-31)23-14-24(32)29-26(15-23)41(19(2)3)20(4)36-29/h6-7,14-17,19,22,30H,5,8-13,18H2,1-4H3,(H,34,35,37,38)/t22?,30-/m0/s1. The molecule has 0 bridgehead atoms. The Morgan fingerprint density at radius 2 is 1.83 bits per heavy atom. The minimum atomic E-state index is -0.639. The maximum atomic E-state index is 15.1. The molecule has 2 saturated heterocycles. The van der Waals surface area contributed by atoms with Crippen LogP contribution in [-0.4, -0.2) is 80.2 Å². The summed E-state index contributed by atoms with van der Waals surface area (Å²) in [6.07, 6.45) is 4.04. The molecule has 4 aromatic rings. The molecule has 0 saturated carbocycles. The smallest absolute Gasteiger partial charge is 0.229 e. The fourth-order valence-electron chi connectivity index (χ4n) is 6.40. The first-order valence-corrected chi connectivity index (χ1v) is 14.8. The van der Waals surface area contributed by atoms with E-state index in [-0.39, 0.29) is 29.2 Å². The number of hydrogen-bond donors (Lipinski definition) is 1. The molecule has 0 spiro atoms. The zero-order valence-corrected chi connectivity index (χ0v) is 24.6. The number of anilines is 2. The normalized spacial score (nSPS) is 19.2. The highest BCUT2D eigenvalue weighted by Crippen LogP contribution is 2.35. The Kier molecular flexibility index (Phi) is 8.15. The summed E-state index contributed by atoms with van der Waals surface area (Å²) in [7, 11) is 0. The van der Waals surface area contributed by atoms with E-state index in [2.05, 4.69) is 48.0 Å². The van der Waals surface area contributed by atoms with Crippen LogP contribution in [0.5, 0.6) is 0 Å². The molecule has 0 aliphatic carbocycles. The Hall–Kier alpha value is -3.54. The molecule has 42 heavy (non-hydrogen) atoms. The fourth-order valence-corrected chi connectivity index (χ4v) is 6.40. The van der Waals surface area contributed by atoms with E-state index in [1.807, 2.05) is 37.6 Å². The molecule has 1 aromatic carbocycles. The average Bonchev–Trinajstić information content (AvgIpc) is 3.63. The lowest BCUT2D eigenvalue weighted by Gasteiger charge is -2.41. The highest BCUT2D eigenvalue weighted by atomic mass is 19.1. The lowest BCUT2D eigenvalue weighted by atomic mass is 9.91. The number of nitrogens with zero attached hydrogens (tertiary/aromatic N) is 7. The van der Waals surface area contributed by atoms with Gasteiger partial charge in [-0.15, -0.1) is 0 Å². The van der Waals surface area contributed by atoms with Gasteiger partial charge in [-0.05, 0) is 57.5 Å². The number of rotatable bonds is 8. The van der Waals surface area contributed by atoms with Crippen molar-refractivity contribution >= 4 is 22.8 Å². The second kappa shape index (κ2) is 12.0. The van der Waals surface area contributed by atoms with Crippen LogP contribution in [0.4, 0.5) is 20.5 Å². The number of aromatic nitrogens is 5.